The number of para-hydroxylation sites is 1. The average molecular weight is 641 g/mol. The van der Waals surface area contributed by atoms with Gasteiger partial charge in [0.15, 0.2) is 4.80 Å². The largest absolute Gasteiger partial charge is 0.496 e. The number of hydrogen-bond donors (Lipinski definition) is 0. The molecule has 42 heavy (non-hydrogen) atoms. The number of rotatable bonds is 5. The van der Waals surface area contributed by atoms with Gasteiger partial charge >= 0.3 is 0 Å². The number of benzene rings is 3. The molecule has 3 aromatic carbocycles. The first-order chi connectivity index (χ1) is 20.4. The first-order valence-corrected chi connectivity index (χ1v) is 14.8. The van der Waals surface area contributed by atoms with E-state index in [0.717, 1.165) is 35.2 Å². The molecule has 8 nitrogen and oxygen atoms in total. The standard InChI is InChI=1S/C32H22BrN3O5S/c1-40-26-9-5-4-8-23(26)30-24-13-10-18-6-2-3-7-21(18)29(24)34-32-35(30)31(37)28(42-32)17-20-12-15-27(41-20)22-14-11-19(33)16-25(22)36(38)39/h2-9,11-12,14-17,30H,10,13H2,1H3/b28-17-/t30-/m0/s1. The van der Waals surface area contributed by atoms with Gasteiger partial charge in [0.2, 0.25) is 0 Å². The molecule has 3 heterocycles. The van der Waals surface area contributed by atoms with Gasteiger partial charge in [-0.2, -0.15) is 0 Å². The molecule has 7 rings (SSSR count). The number of allylic oxidation sites excluding steroid dienone is 1. The van der Waals surface area contributed by atoms with E-state index in [9.17, 15) is 14.9 Å². The summed E-state index contributed by atoms with van der Waals surface area (Å²) in [5.41, 5.74) is 5.30. The van der Waals surface area contributed by atoms with Gasteiger partial charge in [0.1, 0.15) is 17.3 Å². The van der Waals surface area contributed by atoms with Gasteiger partial charge in [-0.1, -0.05) is 69.7 Å². The number of nitro benzene ring substituents is 1. The lowest BCUT2D eigenvalue weighted by Gasteiger charge is -2.31. The number of hydrogen-bond acceptors (Lipinski definition) is 7. The quantitative estimate of drug-likeness (QED) is 0.167. The van der Waals surface area contributed by atoms with Crippen LogP contribution in [-0.4, -0.2) is 16.6 Å². The van der Waals surface area contributed by atoms with Crippen molar-refractivity contribution in [3.63, 3.8) is 0 Å². The number of methoxy groups -OCH3 is 1. The zero-order valence-electron chi connectivity index (χ0n) is 22.2. The highest BCUT2D eigenvalue weighted by Crippen LogP contribution is 2.43. The Balaban J connectivity index is 1.40. The SMILES string of the molecule is COc1ccccc1[C@H]1C2=C(N=c3s/c(=C\c4ccc(-c5ccc(Br)cc5[N+](=O)[O-])o4)c(=O)n31)c1ccccc1CC2. The molecule has 1 aliphatic heterocycles. The van der Waals surface area contributed by atoms with Gasteiger partial charge in [0, 0.05) is 27.7 Å². The van der Waals surface area contributed by atoms with Crippen LogP contribution in [0.15, 0.2) is 103 Å². The summed E-state index contributed by atoms with van der Waals surface area (Å²) in [7, 11) is 1.64. The Morgan fingerprint density at radius 3 is 2.71 bits per heavy atom. The fourth-order valence-corrected chi connectivity index (χ4v) is 7.09. The maximum absolute atomic E-state index is 14.1. The van der Waals surface area contributed by atoms with Gasteiger partial charge in [-0.05, 0) is 54.3 Å². The highest BCUT2D eigenvalue weighted by atomic mass is 79.9. The molecule has 2 aromatic heterocycles. The fraction of sp³-hybridized carbons (Fsp3) is 0.125. The van der Waals surface area contributed by atoms with Crippen molar-refractivity contribution in [2.45, 2.75) is 18.9 Å². The first kappa shape index (κ1) is 26.4. The van der Waals surface area contributed by atoms with E-state index in [4.69, 9.17) is 14.1 Å². The second-order valence-corrected chi connectivity index (χ2v) is 11.9. The highest BCUT2D eigenvalue weighted by molar-refractivity contribution is 9.10. The van der Waals surface area contributed by atoms with Gasteiger partial charge in [0.25, 0.3) is 11.2 Å². The van der Waals surface area contributed by atoms with E-state index < -0.39 is 4.92 Å². The molecule has 2 aliphatic rings. The molecule has 0 radical (unpaired) electrons. The summed E-state index contributed by atoms with van der Waals surface area (Å²) in [6.45, 7) is 0. The Bertz CT molecular complexity index is 2120. The van der Waals surface area contributed by atoms with Crippen molar-refractivity contribution in [3.8, 4) is 17.1 Å². The Morgan fingerprint density at radius 1 is 1.07 bits per heavy atom. The van der Waals surface area contributed by atoms with Crippen LogP contribution in [0.25, 0.3) is 23.1 Å². The molecule has 0 saturated heterocycles. The Morgan fingerprint density at radius 2 is 1.88 bits per heavy atom. The van der Waals surface area contributed by atoms with Gasteiger partial charge in [0.05, 0.1) is 33.9 Å². The summed E-state index contributed by atoms with van der Waals surface area (Å²) >= 11 is 4.58. The van der Waals surface area contributed by atoms with Gasteiger partial charge in [-0.15, -0.1) is 0 Å². The van der Waals surface area contributed by atoms with Crippen molar-refractivity contribution < 1.29 is 14.1 Å². The van der Waals surface area contributed by atoms with E-state index in [1.54, 1.807) is 42.0 Å². The number of ether oxygens (including phenoxy) is 1. The van der Waals surface area contributed by atoms with Crippen LogP contribution in [0.4, 0.5) is 5.69 Å². The van der Waals surface area contributed by atoms with Crippen molar-refractivity contribution in [2.75, 3.05) is 7.11 Å². The molecule has 0 amide bonds. The van der Waals surface area contributed by atoms with Crippen molar-refractivity contribution >= 4 is 44.7 Å². The number of aryl methyl sites for hydroxylation is 1. The summed E-state index contributed by atoms with van der Waals surface area (Å²) in [6, 6.07) is 23.9. The average Bonchev–Trinajstić information content (AvgIpc) is 3.60. The molecular weight excluding hydrogens is 618 g/mol. The molecule has 208 valence electrons. The third-order valence-electron chi connectivity index (χ3n) is 7.63. The van der Waals surface area contributed by atoms with E-state index in [1.165, 1.54) is 23.0 Å². The zero-order chi connectivity index (χ0) is 29.0. The number of nitro groups is 1. The molecular formula is C32H22BrN3O5S. The molecule has 1 atom stereocenters. The van der Waals surface area contributed by atoms with Crippen LogP contribution in [0.1, 0.15) is 34.9 Å². The molecule has 0 N–H and O–H groups in total. The number of nitrogens with zero attached hydrogens (tertiary/aromatic N) is 3. The third kappa shape index (κ3) is 4.34. The molecule has 0 fully saturated rings. The zero-order valence-corrected chi connectivity index (χ0v) is 24.6. The van der Waals surface area contributed by atoms with E-state index in [0.29, 0.717) is 36.6 Å². The topological polar surface area (TPSA) is 99.9 Å². The second kappa shape index (κ2) is 10.4. The van der Waals surface area contributed by atoms with Crippen LogP contribution in [0.5, 0.6) is 5.75 Å². The molecule has 0 saturated carbocycles. The maximum atomic E-state index is 14.1. The lowest BCUT2D eigenvalue weighted by Crippen LogP contribution is -2.38. The van der Waals surface area contributed by atoms with Crippen LogP contribution in [-0.2, 0) is 6.42 Å². The number of thiazole rings is 1. The second-order valence-electron chi connectivity index (χ2n) is 9.98. The Hall–Kier alpha value is -4.54. The van der Waals surface area contributed by atoms with Crippen LogP contribution in [0, 0.1) is 10.1 Å². The van der Waals surface area contributed by atoms with E-state index >= 15 is 0 Å². The minimum absolute atomic E-state index is 0.0766. The molecule has 10 heteroatoms. The van der Waals surface area contributed by atoms with E-state index in [1.807, 2.05) is 36.4 Å². The molecule has 1 aliphatic carbocycles. The van der Waals surface area contributed by atoms with Crippen LogP contribution >= 0.6 is 27.3 Å². The molecule has 0 unspecified atom stereocenters. The van der Waals surface area contributed by atoms with E-state index in [-0.39, 0.29) is 17.3 Å². The minimum Gasteiger partial charge on any atom is -0.496 e. The Kier molecular flexibility index (Phi) is 6.52. The summed E-state index contributed by atoms with van der Waals surface area (Å²) in [4.78, 5) is 30.9. The van der Waals surface area contributed by atoms with Crippen LogP contribution in [0.3, 0.4) is 0 Å². The normalized spacial score (nSPS) is 16.0. The third-order valence-corrected chi connectivity index (χ3v) is 9.10. The maximum Gasteiger partial charge on any atom is 0.281 e. The smallest absolute Gasteiger partial charge is 0.281 e. The van der Waals surface area contributed by atoms with Crippen LogP contribution < -0.4 is 19.6 Å². The summed E-state index contributed by atoms with van der Waals surface area (Å²) in [5, 5.41) is 11.6. The predicted molar refractivity (Wildman–Crippen MR) is 164 cm³/mol. The summed E-state index contributed by atoms with van der Waals surface area (Å²) < 4.78 is 14.6. The highest BCUT2D eigenvalue weighted by Gasteiger charge is 2.34. The molecule has 0 spiro atoms. The monoisotopic (exact) mass is 639 g/mol. The summed E-state index contributed by atoms with van der Waals surface area (Å²) in [6.07, 6.45) is 3.31. The van der Waals surface area contributed by atoms with Crippen molar-refractivity contribution in [1.82, 2.24) is 4.57 Å². The number of aromatic nitrogens is 1. The number of fused-ring (bicyclic) bond motifs is 3. The first-order valence-electron chi connectivity index (χ1n) is 13.2. The summed E-state index contributed by atoms with van der Waals surface area (Å²) in [5.74, 6) is 1.46. The van der Waals surface area contributed by atoms with Crippen molar-refractivity contribution in [1.29, 1.82) is 0 Å². The van der Waals surface area contributed by atoms with Gasteiger partial charge < -0.3 is 9.15 Å². The molecule has 5 aromatic rings. The predicted octanol–water partition coefficient (Wildman–Crippen LogP) is 6.26. The minimum atomic E-state index is -0.446. The lowest BCUT2D eigenvalue weighted by molar-refractivity contribution is -0.384. The number of furan rings is 1. The number of halogens is 1. The lowest BCUT2D eigenvalue weighted by atomic mass is 9.83. The van der Waals surface area contributed by atoms with Crippen molar-refractivity contribution in [2.24, 2.45) is 4.99 Å². The van der Waals surface area contributed by atoms with Gasteiger partial charge in [-0.3, -0.25) is 19.5 Å². The van der Waals surface area contributed by atoms with Gasteiger partial charge in [-0.25, -0.2) is 4.99 Å². The molecule has 0 bridgehead atoms. The fourth-order valence-electron chi connectivity index (χ4n) is 5.76. The Labute approximate surface area is 251 Å². The van der Waals surface area contributed by atoms with Crippen LogP contribution in [0.2, 0.25) is 0 Å². The van der Waals surface area contributed by atoms with Crippen molar-refractivity contribution in [3.05, 3.63) is 141 Å². The van der Waals surface area contributed by atoms with E-state index in [2.05, 4.69) is 28.1 Å².